The van der Waals surface area contributed by atoms with E-state index in [0.717, 1.165) is 5.56 Å². The first-order valence-corrected chi connectivity index (χ1v) is 8.63. The summed E-state index contributed by atoms with van der Waals surface area (Å²) in [6, 6.07) is 17.6. The van der Waals surface area contributed by atoms with Crippen LogP contribution in [0, 0.1) is 0 Å². The lowest BCUT2D eigenvalue weighted by Gasteiger charge is -2.31. The van der Waals surface area contributed by atoms with Crippen molar-refractivity contribution in [3.05, 3.63) is 66.2 Å². The van der Waals surface area contributed by atoms with Crippen molar-refractivity contribution in [1.82, 2.24) is 10.2 Å². The number of carbonyl (C=O) groups excluding carboxylic acids is 2. The van der Waals surface area contributed by atoms with E-state index >= 15 is 0 Å². The van der Waals surface area contributed by atoms with E-state index in [-0.39, 0.29) is 18.4 Å². The molecule has 1 saturated heterocycles. The van der Waals surface area contributed by atoms with Gasteiger partial charge < -0.3 is 19.7 Å². The molecule has 0 saturated carbocycles. The number of rotatable bonds is 6. The molecule has 6 heteroatoms. The molecule has 2 amide bonds. The Hall–Kier alpha value is -2.86. The van der Waals surface area contributed by atoms with E-state index < -0.39 is 6.04 Å². The molecule has 26 heavy (non-hydrogen) atoms. The van der Waals surface area contributed by atoms with E-state index in [1.807, 2.05) is 48.5 Å². The Bertz CT molecular complexity index is 715. The monoisotopic (exact) mass is 354 g/mol. The van der Waals surface area contributed by atoms with Gasteiger partial charge in [-0.05, 0) is 17.7 Å². The van der Waals surface area contributed by atoms with Gasteiger partial charge in [-0.15, -0.1) is 0 Å². The van der Waals surface area contributed by atoms with Crippen LogP contribution >= 0.6 is 0 Å². The number of hydrogen-bond donors (Lipinski definition) is 1. The maximum absolute atomic E-state index is 12.9. The van der Waals surface area contributed by atoms with Crippen molar-refractivity contribution in [1.29, 1.82) is 0 Å². The topological polar surface area (TPSA) is 67.9 Å². The van der Waals surface area contributed by atoms with Gasteiger partial charge in [0.05, 0.1) is 13.2 Å². The summed E-state index contributed by atoms with van der Waals surface area (Å²) in [4.78, 5) is 27.0. The van der Waals surface area contributed by atoms with E-state index in [1.165, 1.54) is 0 Å². The van der Waals surface area contributed by atoms with E-state index in [0.29, 0.717) is 32.1 Å². The number of benzene rings is 2. The molecule has 2 aromatic carbocycles. The molecular formula is C20H22N2O4. The van der Waals surface area contributed by atoms with Crippen LogP contribution in [0.1, 0.15) is 11.6 Å². The number of nitrogens with one attached hydrogen (secondary N) is 1. The average molecular weight is 354 g/mol. The number of para-hydroxylation sites is 1. The van der Waals surface area contributed by atoms with E-state index in [4.69, 9.17) is 9.47 Å². The predicted molar refractivity (Wildman–Crippen MR) is 96.7 cm³/mol. The Morgan fingerprint density at radius 3 is 2.27 bits per heavy atom. The van der Waals surface area contributed by atoms with Gasteiger partial charge in [0.25, 0.3) is 5.91 Å². The summed E-state index contributed by atoms with van der Waals surface area (Å²) in [5.74, 6) is 0.135. The lowest BCUT2D eigenvalue weighted by molar-refractivity contribution is -0.140. The molecule has 2 aromatic rings. The van der Waals surface area contributed by atoms with Crippen LogP contribution in [0.2, 0.25) is 0 Å². The third kappa shape index (κ3) is 4.83. The average Bonchev–Trinajstić information content (AvgIpc) is 2.72. The highest BCUT2D eigenvalue weighted by Crippen LogP contribution is 2.17. The highest BCUT2D eigenvalue weighted by Gasteiger charge is 2.28. The first kappa shape index (κ1) is 17.9. The van der Waals surface area contributed by atoms with Crippen molar-refractivity contribution < 1.29 is 19.1 Å². The summed E-state index contributed by atoms with van der Waals surface area (Å²) in [6.07, 6.45) is 0. The Morgan fingerprint density at radius 2 is 1.62 bits per heavy atom. The van der Waals surface area contributed by atoms with Crippen LogP contribution < -0.4 is 10.1 Å². The van der Waals surface area contributed by atoms with Gasteiger partial charge in [-0.1, -0.05) is 48.5 Å². The standard InChI is InChI=1S/C20H22N2O4/c23-18(15-26-17-9-5-2-6-10-17)21-19(16-7-3-1-4-8-16)20(24)22-11-13-25-14-12-22/h1-10,19H,11-15H2,(H,21,23)/t19-/m0/s1. The van der Waals surface area contributed by atoms with Crippen LogP contribution in [0.15, 0.2) is 60.7 Å². The van der Waals surface area contributed by atoms with E-state index in [9.17, 15) is 9.59 Å². The molecule has 0 radical (unpaired) electrons. The minimum Gasteiger partial charge on any atom is -0.484 e. The maximum Gasteiger partial charge on any atom is 0.258 e. The van der Waals surface area contributed by atoms with Gasteiger partial charge in [0, 0.05) is 13.1 Å². The molecule has 1 atom stereocenters. The van der Waals surface area contributed by atoms with Crippen LogP contribution in [0.5, 0.6) is 5.75 Å². The van der Waals surface area contributed by atoms with Crippen LogP contribution in [0.4, 0.5) is 0 Å². The molecule has 0 aromatic heterocycles. The number of ether oxygens (including phenoxy) is 2. The van der Waals surface area contributed by atoms with Crippen molar-refractivity contribution in [3.8, 4) is 5.75 Å². The molecule has 0 aliphatic carbocycles. The number of amides is 2. The minimum absolute atomic E-state index is 0.132. The van der Waals surface area contributed by atoms with Gasteiger partial charge >= 0.3 is 0 Å². The summed E-state index contributed by atoms with van der Waals surface area (Å²) >= 11 is 0. The van der Waals surface area contributed by atoms with Gasteiger partial charge in [0.2, 0.25) is 5.91 Å². The number of morpholine rings is 1. The number of nitrogens with zero attached hydrogens (tertiary/aromatic N) is 1. The van der Waals surface area contributed by atoms with Gasteiger partial charge in [-0.3, -0.25) is 9.59 Å². The molecule has 1 aliphatic rings. The second-order valence-electron chi connectivity index (χ2n) is 5.95. The van der Waals surface area contributed by atoms with Gasteiger partial charge in [0.15, 0.2) is 6.61 Å². The predicted octanol–water partition coefficient (Wildman–Crippen LogP) is 1.78. The van der Waals surface area contributed by atoms with Crippen molar-refractivity contribution in [3.63, 3.8) is 0 Å². The third-order valence-corrected chi connectivity index (χ3v) is 4.12. The van der Waals surface area contributed by atoms with Crippen LogP contribution in [0.25, 0.3) is 0 Å². The van der Waals surface area contributed by atoms with Crippen molar-refractivity contribution in [2.75, 3.05) is 32.9 Å². The fraction of sp³-hybridized carbons (Fsp3) is 0.300. The molecule has 1 fully saturated rings. The molecule has 1 N–H and O–H groups in total. The van der Waals surface area contributed by atoms with Crippen LogP contribution in [0.3, 0.4) is 0 Å². The fourth-order valence-corrected chi connectivity index (χ4v) is 2.77. The number of carbonyl (C=O) groups is 2. The van der Waals surface area contributed by atoms with Gasteiger partial charge in [0.1, 0.15) is 11.8 Å². The highest BCUT2D eigenvalue weighted by atomic mass is 16.5. The lowest BCUT2D eigenvalue weighted by atomic mass is 10.1. The highest BCUT2D eigenvalue weighted by molar-refractivity contribution is 5.89. The Balaban J connectivity index is 1.67. The molecule has 3 rings (SSSR count). The van der Waals surface area contributed by atoms with E-state index in [1.54, 1.807) is 17.0 Å². The zero-order chi connectivity index (χ0) is 18.2. The lowest BCUT2D eigenvalue weighted by Crippen LogP contribution is -2.48. The zero-order valence-corrected chi connectivity index (χ0v) is 14.5. The quantitative estimate of drug-likeness (QED) is 0.859. The largest absolute Gasteiger partial charge is 0.484 e. The van der Waals surface area contributed by atoms with E-state index in [2.05, 4.69) is 5.32 Å². The normalized spacial score (nSPS) is 15.2. The summed E-state index contributed by atoms with van der Waals surface area (Å²) in [5, 5.41) is 2.80. The van der Waals surface area contributed by atoms with Crippen molar-refractivity contribution in [2.45, 2.75) is 6.04 Å². The molecule has 0 spiro atoms. The summed E-state index contributed by atoms with van der Waals surface area (Å²) in [6.45, 7) is 1.93. The third-order valence-electron chi connectivity index (χ3n) is 4.12. The first-order chi connectivity index (χ1) is 12.7. The Kier molecular flexibility index (Phi) is 6.22. The molecule has 1 heterocycles. The first-order valence-electron chi connectivity index (χ1n) is 8.63. The van der Waals surface area contributed by atoms with Crippen molar-refractivity contribution in [2.24, 2.45) is 0 Å². The molecule has 0 unspecified atom stereocenters. The van der Waals surface area contributed by atoms with Gasteiger partial charge in [-0.2, -0.15) is 0 Å². The Morgan fingerprint density at radius 1 is 1.00 bits per heavy atom. The summed E-state index contributed by atoms with van der Waals surface area (Å²) in [5.41, 5.74) is 0.747. The smallest absolute Gasteiger partial charge is 0.258 e. The van der Waals surface area contributed by atoms with Crippen LogP contribution in [-0.4, -0.2) is 49.6 Å². The number of hydrogen-bond acceptors (Lipinski definition) is 4. The van der Waals surface area contributed by atoms with Crippen molar-refractivity contribution >= 4 is 11.8 Å². The molecule has 0 bridgehead atoms. The summed E-state index contributed by atoms with van der Waals surface area (Å²) in [7, 11) is 0. The molecule has 6 nitrogen and oxygen atoms in total. The molecule has 136 valence electrons. The second kappa shape index (κ2) is 9.01. The Labute approximate surface area is 152 Å². The fourth-order valence-electron chi connectivity index (χ4n) is 2.77. The second-order valence-corrected chi connectivity index (χ2v) is 5.95. The summed E-state index contributed by atoms with van der Waals surface area (Å²) < 4.78 is 10.8. The van der Waals surface area contributed by atoms with Gasteiger partial charge in [-0.25, -0.2) is 0 Å². The molecule has 1 aliphatic heterocycles. The van der Waals surface area contributed by atoms with Crippen LogP contribution in [-0.2, 0) is 14.3 Å². The zero-order valence-electron chi connectivity index (χ0n) is 14.5. The SMILES string of the molecule is O=C(COc1ccccc1)N[C@H](C(=O)N1CCOCC1)c1ccccc1. The molecular weight excluding hydrogens is 332 g/mol. The minimum atomic E-state index is -0.735. The maximum atomic E-state index is 12.9.